The van der Waals surface area contributed by atoms with Gasteiger partial charge in [-0.1, -0.05) is 0 Å². The van der Waals surface area contributed by atoms with E-state index in [1.165, 1.54) is 0 Å². The second kappa shape index (κ2) is 4.18. The van der Waals surface area contributed by atoms with E-state index in [1.54, 1.807) is 6.92 Å². The largest absolute Gasteiger partial charge is 0.489 e. The van der Waals surface area contributed by atoms with Gasteiger partial charge in [0.1, 0.15) is 12.4 Å². The monoisotopic (exact) mass is 187 g/mol. The average Bonchev–Trinajstić information content (AvgIpc) is 2.06. The van der Waals surface area contributed by atoms with Crippen LogP contribution < -0.4 is 10.5 Å². The topological polar surface area (TPSA) is 35.2 Å². The van der Waals surface area contributed by atoms with Crippen molar-refractivity contribution in [1.29, 1.82) is 0 Å². The Labute approximate surface area is 75.3 Å². The van der Waals surface area contributed by atoms with E-state index < -0.39 is 11.6 Å². The minimum absolute atomic E-state index is 0.0997. The van der Waals surface area contributed by atoms with Crippen LogP contribution >= 0.6 is 0 Å². The van der Waals surface area contributed by atoms with Crippen LogP contribution in [0, 0.1) is 11.6 Å². The van der Waals surface area contributed by atoms with Crippen LogP contribution in [0.1, 0.15) is 6.92 Å². The van der Waals surface area contributed by atoms with E-state index in [0.717, 1.165) is 18.2 Å². The molecule has 72 valence electrons. The maximum absolute atomic E-state index is 12.9. The molecule has 2 nitrogen and oxygen atoms in total. The minimum Gasteiger partial charge on any atom is -0.489 e. The highest BCUT2D eigenvalue weighted by Gasteiger charge is 2.05. The van der Waals surface area contributed by atoms with E-state index in [0.29, 0.717) is 0 Å². The number of ether oxygens (including phenoxy) is 1. The van der Waals surface area contributed by atoms with Crippen molar-refractivity contribution in [2.75, 3.05) is 6.61 Å². The smallest absolute Gasteiger partial charge is 0.165 e. The summed E-state index contributed by atoms with van der Waals surface area (Å²) in [6.07, 6.45) is 0. The van der Waals surface area contributed by atoms with Crippen LogP contribution in [0.15, 0.2) is 18.2 Å². The Morgan fingerprint density at radius 2 is 2.15 bits per heavy atom. The highest BCUT2D eigenvalue weighted by atomic mass is 19.1. The predicted octanol–water partition coefficient (Wildman–Crippen LogP) is 1.69. The Morgan fingerprint density at radius 1 is 1.46 bits per heavy atom. The van der Waals surface area contributed by atoms with Crippen LogP contribution in [0.4, 0.5) is 8.78 Å². The fourth-order valence-corrected chi connectivity index (χ4v) is 0.809. The van der Waals surface area contributed by atoms with Gasteiger partial charge >= 0.3 is 0 Å². The number of nitrogens with two attached hydrogens (primary N) is 1. The van der Waals surface area contributed by atoms with Gasteiger partial charge in [-0.2, -0.15) is 0 Å². The van der Waals surface area contributed by atoms with Crippen molar-refractivity contribution in [3.05, 3.63) is 29.8 Å². The lowest BCUT2D eigenvalue weighted by molar-refractivity contribution is 0.281. The Balaban J connectivity index is 2.70. The van der Waals surface area contributed by atoms with E-state index in [-0.39, 0.29) is 18.4 Å². The minimum atomic E-state index is -0.581. The molecule has 0 aliphatic rings. The fraction of sp³-hybridized carbons (Fsp3) is 0.333. The highest BCUT2D eigenvalue weighted by molar-refractivity contribution is 5.24. The van der Waals surface area contributed by atoms with E-state index in [4.69, 9.17) is 10.5 Å². The molecule has 0 fully saturated rings. The van der Waals surface area contributed by atoms with Crippen LogP contribution in [-0.4, -0.2) is 12.6 Å². The summed E-state index contributed by atoms with van der Waals surface area (Å²) in [5.41, 5.74) is 5.39. The van der Waals surface area contributed by atoms with Gasteiger partial charge in [-0.05, 0) is 19.1 Å². The Hall–Kier alpha value is -1.16. The molecule has 0 spiro atoms. The molecule has 0 aromatic heterocycles. The average molecular weight is 187 g/mol. The van der Waals surface area contributed by atoms with E-state index in [1.807, 2.05) is 0 Å². The summed E-state index contributed by atoms with van der Waals surface area (Å²) in [4.78, 5) is 0. The number of halogens is 2. The van der Waals surface area contributed by atoms with Crippen LogP contribution in [0.5, 0.6) is 5.75 Å². The SMILES string of the molecule is CC(N)COc1cc(F)ccc1F. The third kappa shape index (κ3) is 2.99. The van der Waals surface area contributed by atoms with E-state index >= 15 is 0 Å². The fourth-order valence-electron chi connectivity index (χ4n) is 0.809. The number of hydrogen-bond acceptors (Lipinski definition) is 2. The Morgan fingerprint density at radius 3 is 2.77 bits per heavy atom. The molecular formula is C9H11F2NO. The molecule has 1 aromatic carbocycles. The Kier molecular flexibility index (Phi) is 3.19. The van der Waals surface area contributed by atoms with Gasteiger partial charge in [-0.3, -0.25) is 0 Å². The summed E-state index contributed by atoms with van der Waals surface area (Å²) in [6, 6.07) is 2.85. The van der Waals surface area contributed by atoms with Crippen molar-refractivity contribution in [3.63, 3.8) is 0 Å². The van der Waals surface area contributed by atoms with Gasteiger partial charge < -0.3 is 10.5 Å². The molecule has 2 N–H and O–H groups in total. The third-order valence-corrected chi connectivity index (χ3v) is 1.39. The summed E-state index contributed by atoms with van der Waals surface area (Å²) in [5, 5.41) is 0. The van der Waals surface area contributed by atoms with E-state index in [9.17, 15) is 8.78 Å². The molecule has 0 saturated heterocycles. The zero-order valence-electron chi connectivity index (χ0n) is 7.26. The van der Waals surface area contributed by atoms with Crippen LogP contribution in [-0.2, 0) is 0 Å². The number of rotatable bonds is 3. The van der Waals surface area contributed by atoms with Gasteiger partial charge in [0.25, 0.3) is 0 Å². The molecule has 0 amide bonds. The third-order valence-electron chi connectivity index (χ3n) is 1.39. The molecule has 0 aliphatic carbocycles. The molecule has 0 aliphatic heterocycles. The summed E-state index contributed by atoms with van der Waals surface area (Å²) in [5.74, 6) is -1.21. The zero-order chi connectivity index (χ0) is 9.84. The first kappa shape index (κ1) is 9.92. The summed E-state index contributed by atoms with van der Waals surface area (Å²) >= 11 is 0. The summed E-state index contributed by atoms with van der Waals surface area (Å²) < 4.78 is 30.4. The lowest BCUT2D eigenvalue weighted by Gasteiger charge is -2.09. The zero-order valence-corrected chi connectivity index (χ0v) is 7.26. The quantitative estimate of drug-likeness (QED) is 0.781. The molecular weight excluding hydrogens is 176 g/mol. The molecule has 0 radical (unpaired) electrons. The normalized spacial score (nSPS) is 12.6. The van der Waals surface area contributed by atoms with Crippen molar-refractivity contribution < 1.29 is 13.5 Å². The molecule has 1 unspecified atom stereocenters. The first-order valence-corrected chi connectivity index (χ1v) is 3.93. The number of hydrogen-bond donors (Lipinski definition) is 1. The standard InChI is InChI=1S/C9H11F2NO/c1-6(12)5-13-9-4-7(10)2-3-8(9)11/h2-4,6H,5,12H2,1H3. The van der Waals surface area contributed by atoms with Gasteiger partial charge in [0, 0.05) is 12.1 Å². The second-order valence-corrected chi connectivity index (χ2v) is 2.86. The second-order valence-electron chi connectivity index (χ2n) is 2.86. The van der Waals surface area contributed by atoms with Crippen molar-refractivity contribution in [2.45, 2.75) is 13.0 Å². The van der Waals surface area contributed by atoms with Gasteiger partial charge in [0.15, 0.2) is 11.6 Å². The van der Waals surface area contributed by atoms with Crippen molar-refractivity contribution in [1.82, 2.24) is 0 Å². The molecule has 1 aromatic rings. The maximum atomic E-state index is 12.9. The van der Waals surface area contributed by atoms with Crippen molar-refractivity contribution in [3.8, 4) is 5.75 Å². The number of benzene rings is 1. The lowest BCUT2D eigenvalue weighted by Crippen LogP contribution is -2.23. The summed E-state index contributed by atoms with van der Waals surface area (Å²) in [7, 11) is 0. The first-order valence-electron chi connectivity index (χ1n) is 3.93. The molecule has 0 bridgehead atoms. The molecule has 4 heteroatoms. The van der Waals surface area contributed by atoms with Crippen molar-refractivity contribution >= 4 is 0 Å². The van der Waals surface area contributed by atoms with Crippen LogP contribution in [0.3, 0.4) is 0 Å². The van der Waals surface area contributed by atoms with Gasteiger partial charge in [0.2, 0.25) is 0 Å². The van der Waals surface area contributed by atoms with Crippen molar-refractivity contribution in [2.24, 2.45) is 5.73 Å². The van der Waals surface area contributed by atoms with Gasteiger partial charge in [0.05, 0.1) is 0 Å². The van der Waals surface area contributed by atoms with Crippen LogP contribution in [0.2, 0.25) is 0 Å². The van der Waals surface area contributed by atoms with Crippen LogP contribution in [0.25, 0.3) is 0 Å². The molecule has 0 heterocycles. The van der Waals surface area contributed by atoms with Gasteiger partial charge in [-0.15, -0.1) is 0 Å². The first-order chi connectivity index (χ1) is 6.09. The van der Waals surface area contributed by atoms with E-state index in [2.05, 4.69) is 0 Å². The molecule has 13 heavy (non-hydrogen) atoms. The highest BCUT2D eigenvalue weighted by Crippen LogP contribution is 2.17. The molecule has 1 rings (SSSR count). The van der Waals surface area contributed by atoms with Gasteiger partial charge in [-0.25, -0.2) is 8.78 Å². The molecule has 1 atom stereocenters. The predicted molar refractivity (Wildman–Crippen MR) is 45.5 cm³/mol. The summed E-state index contributed by atoms with van der Waals surface area (Å²) in [6.45, 7) is 1.89. The molecule has 0 saturated carbocycles. The Bertz CT molecular complexity index is 289. The maximum Gasteiger partial charge on any atom is 0.165 e. The lowest BCUT2D eigenvalue weighted by atomic mass is 10.3.